The Morgan fingerprint density at radius 3 is 2.39 bits per heavy atom. The van der Waals surface area contributed by atoms with Gasteiger partial charge in [0.05, 0.1) is 18.6 Å². The lowest BCUT2D eigenvalue weighted by atomic mass is 10.1. The Morgan fingerprint density at radius 2 is 1.79 bits per heavy atom. The summed E-state index contributed by atoms with van der Waals surface area (Å²) in [4.78, 5) is 12.8. The van der Waals surface area contributed by atoms with Crippen molar-refractivity contribution in [2.24, 2.45) is 0 Å². The van der Waals surface area contributed by atoms with Gasteiger partial charge in [0.1, 0.15) is 17.6 Å². The first-order valence-corrected chi connectivity index (χ1v) is 10.9. The van der Waals surface area contributed by atoms with Crippen LogP contribution in [0.2, 0.25) is 0 Å². The molecule has 0 radical (unpaired) electrons. The average Bonchev–Trinajstić information content (AvgIpc) is 2.65. The van der Waals surface area contributed by atoms with E-state index in [1.807, 2.05) is 25.1 Å². The number of halogens is 1. The molecule has 1 amide bonds. The standard InChI is InChI=1S/C20H25FN2O4S/c1-4-17(23(28(3,25)26)18-12-8-7-11-16(18)21)20(24)22-14-15-10-6-9-13-19(15)27-5-2/h6-13,17H,4-5,14H2,1-3H3,(H,22,24)/t17-/m1/s1. The topological polar surface area (TPSA) is 75.7 Å². The quantitative estimate of drug-likeness (QED) is 0.692. The number of benzene rings is 2. The largest absolute Gasteiger partial charge is 0.494 e. The van der Waals surface area contributed by atoms with E-state index >= 15 is 0 Å². The molecule has 1 N–H and O–H groups in total. The molecule has 0 spiro atoms. The van der Waals surface area contributed by atoms with Crippen LogP contribution in [-0.2, 0) is 21.4 Å². The second kappa shape index (κ2) is 9.54. The van der Waals surface area contributed by atoms with Gasteiger partial charge in [-0.15, -0.1) is 0 Å². The number of carbonyl (C=O) groups is 1. The molecule has 0 aliphatic rings. The second-order valence-electron chi connectivity index (χ2n) is 6.19. The molecule has 0 saturated heterocycles. The second-order valence-corrected chi connectivity index (χ2v) is 8.05. The molecule has 6 nitrogen and oxygen atoms in total. The van der Waals surface area contributed by atoms with Crippen LogP contribution in [0.15, 0.2) is 48.5 Å². The number of amides is 1. The van der Waals surface area contributed by atoms with Crippen molar-refractivity contribution in [1.29, 1.82) is 0 Å². The molecule has 152 valence electrons. The van der Waals surface area contributed by atoms with E-state index in [1.54, 1.807) is 13.0 Å². The van der Waals surface area contributed by atoms with E-state index in [2.05, 4.69) is 5.32 Å². The van der Waals surface area contributed by atoms with Gasteiger partial charge in [0, 0.05) is 12.1 Å². The van der Waals surface area contributed by atoms with Crippen molar-refractivity contribution < 1.29 is 22.3 Å². The number of ether oxygens (including phenoxy) is 1. The SMILES string of the molecule is CCOc1ccccc1CNC(=O)[C@@H](CC)N(c1ccccc1F)S(C)(=O)=O. The van der Waals surface area contributed by atoms with Crippen LogP contribution in [0, 0.1) is 5.82 Å². The molecular weight excluding hydrogens is 383 g/mol. The van der Waals surface area contributed by atoms with E-state index in [9.17, 15) is 17.6 Å². The molecule has 0 saturated carbocycles. The molecule has 0 fully saturated rings. The number of hydrogen-bond acceptors (Lipinski definition) is 4. The molecule has 8 heteroatoms. The van der Waals surface area contributed by atoms with Crippen LogP contribution < -0.4 is 14.4 Å². The molecule has 0 aromatic heterocycles. The maximum atomic E-state index is 14.3. The third kappa shape index (κ3) is 5.22. The van der Waals surface area contributed by atoms with Crippen LogP contribution in [0.1, 0.15) is 25.8 Å². The van der Waals surface area contributed by atoms with E-state index in [1.165, 1.54) is 18.2 Å². The number of para-hydroxylation sites is 2. The van der Waals surface area contributed by atoms with E-state index in [0.717, 1.165) is 22.2 Å². The third-order valence-corrected chi connectivity index (χ3v) is 5.31. The Kier molecular flexibility index (Phi) is 7.39. The molecule has 2 aromatic rings. The normalized spacial score (nSPS) is 12.3. The first-order chi connectivity index (χ1) is 13.3. The van der Waals surface area contributed by atoms with Crippen LogP contribution in [-0.4, -0.2) is 33.2 Å². The van der Waals surface area contributed by atoms with Gasteiger partial charge < -0.3 is 10.1 Å². The first kappa shape index (κ1) is 21.7. The first-order valence-electron chi connectivity index (χ1n) is 9.01. The summed E-state index contributed by atoms with van der Waals surface area (Å²) in [5.41, 5.74) is 0.617. The van der Waals surface area contributed by atoms with Gasteiger partial charge in [-0.3, -0.25) is 9.10 Å². The maximum Gasteiger partial charge on any atom is 0.244 e. The fraction of sp³-hybridized carbons (Fsp3) is 0.350. The lowest BCUT2D eigenvalue weighted by molar-refractivity contribution is -0.122. The highest BCUT2D eigenvalue weighted by atomic mass is 32.2. The van der Waals surface area contributed by atoms with Gasteiger partial charge in [-0.1, -0.05) is 37.3 Å². The highest BCUT2D eigenvalue weighted by Crippen LogP contribution is 2.25. The van der Waals surface area contributed by atoms with Crippen molar-refractivity contribution in [2.45, 2.75) is 32.9 Å². The zero-order valence-corrected chi connectivity index (χ0v) is 17.0. The van der Waals surface area contributed by atoms with Crippen molar-refractivity contribution in [3.63, 3.8) is 0 Å². The average molecular weight is 408 g/mol. The molecule has 0 aliphatic heterocycles. The fourth-order valence-corrected chi connectivity index (χ4v) is 4.12. The Morgan fingerprint density at radius 1 is 1.14 bits per heavy atom. The number of rotatable bonds is 9. The van der Waals surface area contributed by atoms with Crippen molar-refractivity contribution in [3.05, 3.63) is 59.9 Å². The minimum absolute atomic E-state index is 0.151. The van der Waals surface area contributed by atoms with Gasteiger partial charge in [0.25, 0.3) is 0 Å². The molecule has 2 rings (SSSR count). The number of carbonyl (C=O) groups excluding carboxylic acids is 1. The highest BCUT2D eigenvalue weighted by Gasteiger charge is 2.33. The summed E-state index contributed by atoms with van der Waals surface area (Å²) in [7, 11) is -3.89. The predicted octanol–water partition coefficient (Wildman–Crippen LogP) is 3.09. The van der Waals surface area contributed by atoms with Crippen LogP contribution >= 0.6 is 0 Å². The lowest BCUT2D eigenvalue weighted by Crippen LogP contribution is -2.49. The van der Waals surface area contributed by atoms with Crippen LogP contribution in [0.25, 0.3) is 0 Å². The van der Waals surface area contributed by atoms with Gasteiger partial charge in [-0.2, -0.15) is 0 Å². The summed E-state index contributed by atoms with van der Waals surface area (Å²) >= 11 is 0. The molecule has 0 aliphatic carbocycles. The Balaban J connectivity index is 2.27. The predicted molar refractivity (Wildman–Crippen MR) is 107 cm³/mol. The van der Waals surface area contributed by atoms with Crippen molar-refractivity contribution in [2.75, 3.05) is 17.2 Å². The van der Waals surface area contributed by atoms with Gasteiger partial charge in [0.2, 0.25) is 15.9 Å². The Labute approximate surface area is 165 Å². The fourth-order valence-electron chi connectivity index (χ4n) is 2.91. The van der Waals surface area contributed by atoms with Crippen LogP contribution in [0.3, 0.4) is 0 Å². The lowest BCUT2D eigenvalue weighted by Gasteiger charge is -2.30. The summed E-state index contributed by atoms with van der Waals surface area (Å²) in [6, 6.07) is 11.7. The third-order valence-electron chi connectivity index (χ3n) is 4.15. The number of hydrogen-bond donors (Lipinski definition) is 1. The smallest absolute Gasteiger partial charge is 0.244 e. The summed E-state index contributed by atoms with van der Waals surface area (Å²) in [6.07, 6.45) is 1.14. The van der Waals surface area contributed by atoms with Gasteiger partial charge in [-0.05, 0) is 31.5 Å². The van der Waals surface area contributed by atoms with Crippen molar-refractivity contribution in [3.8, 4) is 5.75 Å². The van der Waals surface area contributed by atoms with Crippen LogP contribution in [0.5, 0.6) is 5.75 Å². The molecule has 28 heavy (non-hydrogen) atoms. The monoisotopic (exact) mass is 408 g/mol. The molecule has 2 aromatic carbocycles. The summed E-state index contributed by atoms with van der Waals surface area (Å²) < 4.78 is 45.4. The van der Waals surface area contributed by atoms with E-state index < -0.39 is 27.8 Å². The maximum absolute atomic E-state index is 14.3. The number of nitrogens with zero attached hydrogens (tertiary/aromatic N) is 1. The van der Waals surface area contributed by atoms with Gasteiger partial charge in [-0.25, -0.2) is 12.8 Å². The van der Waals surface area contributed by atoms with E-state index in [-0.39, 0.29) is 18.7 Å². The van der Waals surface area contributed by atoms with Crippen molar-refractivity contribution in [1.82, 2.24) is 5.32 Å². The summed E-state index contributed by atoms with van der Waals surface area (Å²) in [5, 5.41) is 2.74. The molecule has 0 heterocycles. The summed E-state index contributed by atoms with van der Waals surface area (Å²) in [5.74, 6) is -0.573. The minimum atomic E-state index is -3.89. The van der Waals surface area contributed by atoms with Crippen LogP contribution in [0.4, 0.5) is 10.1 Å². The number of anilines is 1. The number of sulfonamides is 1. The highest BCUT2D eigenvalue weighted by molar-refractivity contribution is 7.92. The Bertz CT molecular complexity index is 918. The van der Waals surface area contributed by atoms with E-state index in [0.29, 0.717) is 12.4 Å². The van der Waals surface area contributed by atoms with E-state index in [4.69, 9.17) is 4.74 Å². The van der Waals surface area contributed by atoms with Gasteiger partial charge in [0.15, 0.2) is 0 Å². The number of nitrogens with one attached hydrogen (secondary N) is 1. The molecule has 0 unspecified atom stereocenters. The molecule has 0 bridgehead atoms. The zero-order chi connectivity index (χ0) is 20.7. The molecule has 1 atom stereocenters. The zero-order valence-electron chi connectivity index (χ0n) is 16.2. The Hall–Kier alpha value is -2.61. The molecular formula is C20H25FN2O4S. The summed E-state index contributed by atoms with van der Waals surface area (Å²) in [6.45, 7) is 4.19. The van der Waals surface area contributed by atoms with Crippen molar-refractivity contribution >= 4 is 21.6 Å². The van der Waals surface area contributed by atoms with Gasteiger partial charge >= 0.3 is 0 Å². The minimum Gasteiger partial charge on any atom is -0.494 e.